The number of nitrogens with zero attached hydrogens (tertiary/aromatic N) is 1. The Balaban J connectivity index is 2.19. The average molecular weight is 363 g/mol. The van der Waals surface area contributed by atoms with Crippen molar-refractivity contribution in [3.8, 4) is 0 Å². The zero-order chi connectivity index (χ0) is 14.3. The Labute approximate surface area is 125 Å². The van der Waals surface area contributed by atoms with Crippen LogP contribution in [0.25, 0.3) is 10.2 Å². The van der Waals surface area contributed by atoms with E-state index in [2.05, 4.69) is 26.2 Å². The highest BCUT2D eigenvalue weighted by Gasteiger charge is 2.30. The number of sulfone groups is 1. The van der Waals surface area contributed by atoms with Gasteiger partial charge in [0.15, 0.2) is 15.0 Å². The summed E-state index contributed by atoms with van der Waals surface area (Å²) in [6, 6.07) is 5.90. The largest absolute Gasteiger partial charge is 0.360 e. The Kier molecular flexibility index (Phi) is 3.90. The van der Waals surface area contributed by atoms with E-state index in [1.165, 1.54) is 17.6 Å². The molecule has 2 rings (SSSR count). The number of nitrogens with one attached hydrogen (secondary N) is 1. The number of rotatable bonds is 4. The Hall–Kier alpha value is -0.660. The lowest BCUT2D eigenvalue weighted by atomic mass is 10.2. The van der Waals surface area contributed by atoms with Gasteiger partial charge in [-0.15, -0.1) is 0 Å². The summed E-state index contributed by atoms with van der Waals surface area (Å²) in [7, 11) is -3.10. The van der Waals surface area contributed by atoms with E-state index < -0.39 is 14.6 Å². The Bertz CT molecular complexity index is 708. The first kappa shape index (κ1) is 14.7. The van der Waals surface area contributed by atoms with Crippen molar-refractivity contribution in [1.29, 1.82) is 0 Å². The average Bonchev–Trinajstić information content (AvgIpc) is 2.67. The van der Waals surface area contributed by atoms with Crippen molar-refractivity contribution in [2.24, 2.45) is 0 Å². The van der Waals surface area contributed by atoms with Gasteiger partial charge in [0.25, 0.3) is 0 Å². The van der Waals surface area contributed by atoms with E-state index in [-0.39, 0.29) is 0 Å². The number of aromatic nitrogens is 1. The van der Waals surface area contributed by atoms with Crippen LogP contribution in [0.1, 0.15) is 13.8 Å². The first-order valence-corrected chi connectivity index (χ1v) is 9.19. The first-order valence-electron chi connectivity index (χ1n) is 5.69. The third-order valence-electron chi connectivity index (χ3n) is 3.02. The standard InChI is InChI=1S/C12H15BrN2O2S2/c1-12(2,19(3,16)17)7-14-11-15-9-6-8(13)4-5-10(9)18-11/h4-6H,7H2,1-3H3,(H,14,15). The van der Waals surface area contributed by atoms with E-state index in [0.717, 1.165) is 19.8 Å². The van der Waals surface area contributed by atoms with E-state index in [1.807, 2.05) is 18.2 Å². The summed E-state index contributed by atoms with van der Waals surface area (Å²) in [5.41, 5.74) is 0.902. The number of fused-ring (bicyclic) bond motifs is 1. The molecule has 0 aliphatic carbocycles. The molecule has 0 spiro atoms. The Morgan fingerprint density at radius 2 is 2.11 bits per heavy atom. The normalized spacial score (nSPS) is 12.8. The highest BCUT2D eigenvalue weighted by molar-refractivity contribution is 9.10. The molecular weight excluding hydrogens is 348 g/mol. The second-order valence-electron chi connectivity index (χ2n) is 5.02. The number of hydrogen-bond donors (Lipinski definition) is 1. The molecule has 0 bridgehead atoms. The van der Waals surface area contributed by atoms with Crippen LogP contribution >= 0.6 is 27.3 Å². The highest BCUT2D eigenvalue weighted by atomic mass is 79.9. The van der Waals surface area contributed by atoms with Crippen LogP contribution in [0, 0.1) is 0 Å². The van der Waals surface area contributed by atoms with Gasteiger partial charge in [-0.1, -0.05) is 27.3 Å². The molecule has 0 saturated carbocycles. The fraction of sp³-hybridized carbons (Fsp3) is 0.417. The van der Waals surface area contributed by atoms with Crippen LogP contribution in [0.3, 0.4) is 0 Å². The zero-order valence-corrected chi connectivity index (χ0v) is 14.1. The van der Waals surface area contributed by atoms with Gasteiger partial charge in [-0.2, -0.15) is 0 Å². The molecule has 19 heavy (non-hydrogen) atoms. The minimum atomic E-state index is -3.10. The molecule has 0 saturated heterocycles. The number of thiazole rings is 1. The number of anilines is 1. The molecule has 1 aromatic carbocycles. The van der Waals surface area contributed by atoms with E-state index in [4.69, 9.17) is 0 Å². The van der Waals surface area contributed by atoms with Crippen molar-refractivity contribution < 1.29 is 8.42 Å². The van der Waals surface area contributed by atoms with Crippen molar-refractivity contribution in [3.63, 3.8) is 0 Å². The van der Waals surface area contributed by atoms with Gasteiger partial charge in [-0.05, 0) is 32.0 Å². The van der Waals surface area contributed by atoms with Crippen LogP contribution in [0.5, 0.6) is 0 Å². The maximum absolute atomic E-state index is 11.6. The van der Waals surface area contributed by atoms with Crippen LogP contribution < -0.4 is 5.32 Å². The second-order valence-corrected chi connectivity index (χ2v) is 9.61. The second kappa shape index (κ2) is 5.03. The van der Waals surface area contributed by atoms with Gasteiger partial charge < -0.3 is 5.32 Å². The van der Waals surface area contributed by atoms with Crippen LogP contribution in [0.4, 0.5) is 5.13 Å². The van der Waals surface area contributed by atoms with E-state index >= 15 is 0 Å². The molecule has 0 amide bonds. The van der Waals surface area contributed by atoms with Gasteiger partial charge in [0, 0.05) is 17.3 Å². The first-order chi connectivity index (χ1) is 8.69. The van der Waals surface area contributed by atoms with Crippen molar-refractivity contribution in [2.45, 2.75) is 18.6 Å². The minimum absolute atomic E-state index is 0.340. The third-order valence-corrected chi connectivity index (χ3v) is 6.66. The SMILES string of the molecule is CC(C)(CNc1nc2cc(Br)ccc2s1)S(C)(=O)=O. The van der Waals surface area contributed by atoms with E-state index in [9.17, 15) is 8.42 Å². The maximum atomic E-state index is 11.6. The lowest BCUT2D eigenvalue weighted by Gasteiger charge is -2.22. The van der Waals surface area contributed by atoms with Crippen LogP contribution in [0.2, 0.25) is 0 Å². The lowest BCUT2D eigenvalue weighted by molar-refractivity contribution is 0.560. The third kappa shape index (κ3) is 3.27. The fourth-order valence-corrected chi connectivity index (χ4v) is 2.92. The van der Waals surface area contributed by atoms with Crippen molar-refractivity contribution in [2.75, 3.05) is 18.1 Å². The van der Waals surface area contributed by atoms with Gasteiger partial charge in [0.2, 0.25) is 0 Å². The molecule has 2 aromatic rings. The van der Waals surface area contributed by atoms with Crippen LogP contribution in [0.15, 0.2) is 22.7 Å². The summed E-state index contributed by atoms with van der Waals surface area (Å²) in [5.74, 6) is 0. The van der Waals surface area contributed by atoms with E-state index in [1.54, 1.807) is 13.8 Å². The van der Waals surface area contributed by atoms with Gasteiger partial charge in [-0.25, -0.2) is 13.4 Å². The minimum Gasteiger partial charge on any atom is -0.360 e. The van der Waals surface area contributed by atoms with Gasteiger partial charge in [0.05, 0.1) is 15.0 Å². The van der Waals surface area contributed by atoms with Crippen molar-refractivity contribution in [3.05, 3.63) is 22.7 Å². The molecule has 0 atom stereocenters. The highest BCUT2D eigenvalue weighted by Crippen LogP contribution is 2.28. The molecule has 1 aromatic heterocycles. The lowest BCUT2D eigenvalue weighted by Crippen LogP contribution is -2.38. The van der Waals surface area contributed by atoms with Crippen molar-refractivity contribution in [1.82, 2.24) is 4.98 Å². The molecule has 4 nitrogen and oxygen atoms in total. The number of halogens is 1. The Morgan fingerprint density at radius 3 is 2.74 bits per heavy atom. The molecule has 1 heterocycles. The van der Waals surface area contributed by atoms with E-state index in [0.29, 0.717) is 6.54 Å². The number of benzene rings is 1. The van der Waals surface area contributed by atoms with Gasteiger partial charge in [0.1, 0.15) is 0 Å². The molecule has 0 radical (unpaired) electrons. The quantitative estimate of drug-likeness (QED) is 0.906. The summed E-state index contributed by atoms with van der Waals surface area (Å²) in [4.78, 5) is 4.44. The van der Waals surface area contributed by atoms with Crippen LogP contribution in [-0.2, 0) is 9.84 Å². The predicted octanol–water partition coefficient (Wildman–Crippen LogP) is 3.29. The molecule has 0 aliphatic heterocycles. The van der Waals surface area contributed by atoms with Crippen LogP contribution in [-0.4, -0.2) is 30.9 Å². The summed E-state index contributed by atoms with van der Waals surface area (Å²) in [5, 5.41) is 3.85. The fourth-order valence-electron chi connectivity index (χ4n) is 1.40. The molecule has 0 aliphatic rings. The molecule has 0 fully saturated rings. The summed E-state index contributed by atoms with van der Waals surface area (Å²) < 4.78 is 24.5. The zero-order valence-electron chi connectivity index (χ0n) is 10.9. The van der Waals surface area contributed by atoms with Gasteiger partial charge in [-0.3, -0.25) is 0 Å². The Morgan fingerprint density at radius 1 is 1.42 bits per heavy atom. The smallest absolute Gasteiger partial charge is 0.183 e. The summed E-state index contributed by atoms with van der Waals surface area (Å²) in [6.07, 6.45) is 1.25. The molecule has 1 N–H and O–H groups in total. The van der Waals surface area contributed by atoms with Gasteiger partial charge >= 0.3 is 0 Å². The predicted molar refractivity (Wildman–Crippen MR) is 84.7 cm³/mol. The molecule has 7 heteroatoms. The number of hydrogen-bond acceptors (Lipinski definition) is 5. The molecular formula is C12H15BrN2O2S2. The summed E-state index contributed by atoms with van der Waals surface area (Å²) in [6.45, 7) is 3.76. The monoisotopic (exact) mass is 362 g/mol. The summed E-state index contributed by atoms with van der Waals surface area (Å²) >= 11 is 4.92. The molecule has 0 unspecified atom stereocenters. The maximum Gasteiger partial charge on any atom is 0.183 e. The topological polar surface area (TPSA) is 59.1 Å². The van der Waals surface area contributed by atoms with Crippen molar-refractivity contribution >= 4 is 52.5 Å². The molecule has 104 valence electrons.